The Kier molecular flexibility index (Phi) is 6.57. The van der Waals surface area contributed by atoms with E-state index in [0.717, 1.165) is 18.4 Å². The van der Waals surface area contributed by atoms with Crippen LogP contribution in [0.1, 0.15) is 31.4 Å². The molecule has 1 aromatic carbocycles. The van der Waals surface area contributed by atoms with Crippen LogP contribution in [0.15, 0.2) is 18.2 Å². The number of aliphatic hydroxyl groups excluding tert-OH is 1. The van der Waals surface area contributed by atoms with E-state index in [4.69, 9.17) is 22.4 Å². The minimum atomic E-state index is -0.426. The van der Waals surface area contributed by atoms with Gasteiger partial charge in [0.2, 0.25) is 0 Å². The summed E-state index contributed by atoms with van der Waals surface area (Å²) in [5, 5.41) is 12.2. The van der Waals surface area contributed by atoms with Gasteiger partial charge in [-0.15, -0.1) is 0 Å². The van der Waals surface area contributed by atoms with Crippen molar-refractivity contribution in [3.63, 3.8) is 0 Å². The Labute approximate surface area is 112 Å². The number of nitrogens with two attached hydrogens (primary N) is 1. The molecule has 0 aliphatic heterocycles. The van der Waals surface area contributed by atoms with E-state index in [0.29, 0.717) is 6.54 Å². The maximum Gasteiger partial charge on any atom is 0.141 e. The fraction of sp³-hybridized carbons (Fsp3) is 0.538. The van der Waals surface area contributed by atoms with Gasteiger partial charge in [-0.2, -0.15) is 0 Å². The SMILES string of the molecule is CC(CCCO)NC(CN)c1ccc(F)c(Cl)c1. The summed E-state index contributed by atoms with van der Waals surface area (Å²) in [5.74, 6) is -0.426. The summed E-state index contributed by atoms with van der Waals surface area (Å²) in [6.07, 6.45) is 1.61. The van der Waals surface area contributed by atoms with Gasteiger partial charge in [-0.1, -0.05) is 17.7 Å². The van der Waals surface area contributed by atoms with Crippen molar-refractivity contribution in [2.75, 3.05) is 13.2 Å². The second-order valence-corrected chi connectivity index (χ2v) is 4.80. The van der Waals surface area contributed by atoms with Crippen molar-refractivity contribution in [2.24, 2.45) is 5.73 Å². The lowest BCUT2D eigenvalue weighted by Gasteiger charge is -2.22. The molecule has 3 nitrogen and oxygen atoms in total. The molecular formula is C13H20ClFN2O. The summed E-state index contributed by atoms with van der Waals surface area (Å²) >= 11 is 5.76. The third-order valence-electron chi connectivity index (χ3n) is 2.86. The van der Waals surface area contributed by atoms with Gasteiger partial charge in [0, 0.05) is 25.2 Å². The molecule has 2 unspecified atom stereocenters. The van der Waals surface area contributed by atoms with Crippen molar-refractivity contribution in [3.05, 3.63) is 34.6 Å². The molecule has 1 aromatic rings. The molecule has 0 heterocycles. The third-order valence-corrected chi connectivity index (χ3v) is 3.15. The Balaban J connectivity index is 2.67. The van der Waals surface area contributed by atoms with Crippen LogP contribution in [0, 0.1) is 5.82 Å². The van der Waals surface area contributed by atoms with E-state index in [1.54, 1.807) is 12.1 Å². The zero-order valence-electron chi connectivity index (χ0n) is 10.5. The highest BCUT2D eigenvalue weighted by Gasteiger charge is 2.14. The highest BCUT2D eigenvalue weighted by Crippen LogP contribution is 2.21. The van der Waals surface area contributed by atoms with Crippen LogP contribution in [-0.2, 0) is 0 Å². The van der Waals surface area contributed by atoms with Crippen LogP contribution in [0.4, 0.5) is 4.39 Å². The fourth-order valence-electron chi connectivity index (χ4n) is 1.85. The smallest absolute Gasteiger partial charge is 0.141 e. The molecule has 0 saturated carbocycles. The average Bonchev–Trinajstić information content (AvgIpc) is 2.37. The number of nitrogens with one attached hydrogen (secondary N) is 1. The molecule has 0 aliphatic rings. The molecule has 0 saturated heterocycles. The van der Waals surface area contributed by atoms with E-state index in [1.165, 1.54) is 6.07 Å². The first kappa shape index (κ1) is 15.4. The predicted molar refractivity (Wildman–Crippen MR) is 72.1 cm³/mol. The van der Waals surface area contributed by atoms with Crippen molar-refractivity contribution in [1.29, 1.82) is 0 Å². The molecule has 102 valence electrons. The minimum absolute atomic E-state index is 0.0585. The summed E-state index contributed by atoms with van der Waals surface area (Å²) in [5.41, 5.74) is 6.60. The van der Waals surface area contributed by atoms with Gasteiger partial charge in [0.1, 0.15) is 5.82 Å². The minimum Gasteiger partial charge on any atom is -0.396 e. The zero-order valence-corrected chi connectivity index (χ0v) is 11.3. The Morgan fingerprint density at radius 2 is 2.22 bits per heavy atom. The van der Waals surface area contributed by atoms with Crippen LogP contribution >= 0.6 is 11.6 Å². The molecule has 0 amide bonds. The monoisotopic (exact) mass is 274 g/mol. The Hall–Kier alpha value is -0.680. The maximum atomic E-state index is 13.1. The normalized spacial score (nSPS) is 14.5. The molecular weight excluding hydrogens is 255 g/mol. The molecule has 0 spiro atoms. The average molecular weight is 275 g/mol. The first-order valence-corrected chi connectivity index (χ1v) is 6.48. The number of hydrogen-bond donors (Lipinski definition) is 3. The standard InChI is InChI=1S/C13H20ClFN2O/c1-9(3-2-6-18)17-13(8-16)10-4-5-12(15)11(14)7-10/h4-5,7,9,13,17-18H,2-3,6,8,16H2,1H3. The zero-order chi connectivity index (χ0) is 13.5. The third kappa shape index (κ3) is 4.53. The molecule has 18 heavy (non-hydrogen) atoms. The van der Waals surface area contributed by atoms with Crippen LogP contribution in [0.25, 0.3) is 0 Å². The topological polar surface area (TPSA) is 58.3 Å². The van der Waals surface area contributed by atoms with E-state index in [1.807, 2.05) is 6.92 Å². The van der Waals surface area contributed by atoms with Crippen molar-refractivity contribution in [2.45, 2.75) is 31.8 Å². The number of aliphatic hydroxyl groups is 1. The summed E-state index contributed by atoms with van der Waals surface area (Å²) in [4.78, 5) is 0. The van der Waals surface area contributed by atoms with Crippen LogP contribution in [0.5, 0.6) is 0 Å². The predicted octanol–water partition coefficient (Wildman–Crippen LogP) is 2.23. The number of rotatable bonds is 7. The molecule has 0 fully saturated rings. The van der Waals surface area contributed by atoms with Gasteiger partial charge in [-0.3, -0.25) is 0 Å². The lowest BCUT2D eigenvalue weighted by molar-refractivity contribution is 0.274. The summed E-state index contributed by atoms with van der Waals surface area (Å²) < 4.78 is 13.1. The van der Waals surface area contributed by atoms with Crippen molar-refractivity contribution in [1.82, 2.24) is 5.32 Å². The van der Waals surface area contributed by atoms with Gasteiger partial charge in [0.05, 0.1) is 5.02 Å². The maximum absolute atomic E-state index is 13.1. The first-order chi connectivity index (χ1) is 8.58. The molecule has 0 radical (unpaired) electrons. The second kappa shape index (κ2) is 7.69. The second-order valence-electron chi connectivity index (χ2n) is 4.40. The van der Waals surface area contributed by atoms with Crippen LogP contribution in [0.3, 0.4) is 0 Å². The Morgan fingerprint density at radius 3 is 2.78 bits per heavy atom. The highest BCUT2D eigenvalue weighted by atomic mass is 35.5. The van der Waals surface area contributed by atoms with E-state index >= 15 is 0 Å². The lowest BCUT2D eigenvalue weighted by Crippen LogP contribution is -2.35. The Bertz CT molecular complexity index is 376. The largest absolute Gasteiger partial charge is 0.396 e. The van der Waals surface area contributed by atoms with Gasteiger partial charge in [0.25, 0.3) is 0 Å². The van der Waals surface area contributed by atoms with Crippen LogP contribution in [0.2, 0.25) is 5.02 Å². The van der Waals surface area contributed by atoms with Crippen LogP contribution < -0.4 is 11.1 Å². The van der Waals surface area contributed by atoms with Gasteiger partial charge in [-0.05, 0) is 37.5 Å². The Morgan fingerprint density at radius 1 is 1.50 bits per heavy atom. The van der Waals surface area contributed by atoms with Gasteiger partial charge in [0.15, 0.2) is 0 Å². The molecule has 5 heteroatoms. The van der Waals surface area contributed by atoms with Crippen LogP contribution in [-0.4, -0.2) is 24.3 Å². The summed E-state index contributed by atoms with van der Waals surface area (Å²) in [6.45, 7) is 2.62. The van der Waals surface area contributed by atoms with Gasteiger partial charge < -0.3 is 16.2 Å². The molecule has 0 aromatic heterocycles. The quantitative estimate of drug-likeness (QED) is 0.715. The lowest BCUT2D eigenvalue weighted by atomic mass is 10.0. The van der Waals surface area contributed by atoms with Crippen molar-refractivity contribution >= 4 is 11.6 Å². The van der Waals surface area contributed by atoms with Gasteiger partial charge in [-0.25, -0.2) is 4.39 Å². The summed E-state index contributed by atoms with van der Waals surface area (Å²) in [7, 11) is 0. The molecule has 1 rings (SSSR count). The van der Waals surface area contributed by atoms with Crippen molar-refractivity contribution < 1.29 is 9.50 Å². The van der Waals surface area contributed by atoms with Gasteiger partial charge >= 0.3 is 0 Å². The number of benzene rings is 1. The van der Waals surface area contributed by atoms with E-state index in [2.05, 4.69) is 5.32 Å². The summed E-state index contributed by atoms with van der Waals surface area (Å²) in [6, 6.07) is 4.80. The number of halogens is 2. The number of hydrogen-bond acceptors (Lipinski definition) is 3. The van der Waals surface area contributed by atoms with E-state index in [-0.39, 0.29) is 23.7 Å². The van der Waals surface area contributed by atoms with E-state index < -0.39 is 5.82 Å². The molecule has 2 atom stereocenters. The molecule has 0 bridgehead atoms. The molecule has 4 N–H and O–H groups in total. The first-order valence-electron chi connectivity index (χ1n) is 6.10. The molecule has 0 aliphatic carbocycles. The van der Waals surface area contributed by atoms with E-state index in [9.17, 15) is 4.39 Å². The highest BCUT2D eigenvalue weighted by molar-refractivity contribution is 6.30. The van der Waals surface area contributed by atoms with Crippen molar-refractivity contribution in [3.8, 4) is 0 Å². The fourth-order valence-corrected chi connectivity index (χ4v) is 2.04.